The molecule has 1 unspecified atom stereocenters. The molecule has 3 heteroatoms. The van der Waals surface area contributed by atoms with Crippen LogP contribution in [-0.2, 0) is 0 Å². The Bertz CT molecular complexity index is 566. The Hall–Kier alpha value is -1.12. The van der Waals surface area contributed by atoms with Crippen LogP contribution in [-0.4, -0.2) is 5.78 Å². The van der Waals surface area contributed by atoms with Crippen molar-refractivity contribution in [1.82, 2.24) is 0 Å². The average Bonchev–Trinajstić information content (AvgIpc) is 2.41. The van der Waals surface area contributed by atoms with E-state index in [-0.39, 0.29) is 5.78 Å². The first kappa shape index (κ1) is 13.3. The van der Waals surface area contributed by atoms with Crippen molar-refractivity contribution in [1.29, 1.82) is 0 Å². The Balaban J connectivity index is 2.35. The van der Waals surface area contributed by atoms with Crippen LogP contribution in [0.3, 0.4) is 0 Å². The summed E-state index contributed by atoms with van der Waals surface area (Å²) in [5.41, 5.74) is 2.40. The molecule has 1 nitrogen and oxygen atoms in total. The van der Waals surface area contributed by atoms with Crippen molar-refractivity contribution >= 4 is 33.3 Å². The van der Waals surface area contributed by atoms with Crippen LogP contribution in [0.2, 0.25) is 0 Å². The van der Waals surface area contributed by atoms with Gasteiger partial charge in [0.1, 0.15) is 5.38 Å². The van der Waals surface area contributed by atoms with Gasteiger partial charge in [0.25, 0.3) is 0 Å². The largest absolute Gasteiger partial charge is 0.292 e. The topological polar surface area (TPSA) is 17.1 Å². The van der Waals surface area contributed by atoms with Crippen LogP contribution >= 0.6 is 27.5 Å². The number of ketones is 1. The average molecular weight is 324 g/mol. The lowest BCUT2D eigenvalue weighted by Gasteiger charge is -2.11. The number of carbonyl (C=O) groups is 1. The van der Waals surface area contributed by atoms with Crippen LogP contribution in [0.5, 0.6) is 0 Å². The minimum absolute atomic E-state index is 0.0679. The number of benzene rings is 2. The number of rotatable bonds is 3. The van der Waals surface area contributed by atoms with Gasteiger partial charge in [0.05, 0.1) is 0 Å². The summed E-state index contributed by atoms with van der Waals surface area (Å²) >= 11 is 9.68. The van der Waals surface area contributed by atoms with Gasteiger partial charge >= 0.3 is 0 Å². The maximum atomic E-state index is 12.4. The third-order valence-corrected chi connectivity index (χ3v) is 4.16. The summed E-state index contributed by atoms with van der Waals surface area (Å²) in [7, 11) is 0. The second-order valence-electron chi connectivity index (χ2n) is 4.05. The van der Waals surface area contributed by atoms with E-state index in [4.69, 9.17) is 11.6 Å². The lowest BCUT2D eigenvalue weighted by Crippen LogP contribution is -2.09. The SMILES string of the molecule is Cc1c(Br)cccc1C(=O)C(Cl)c1ccccc1. The third-order valence-electron chi connectivity index (χ3n) is 2.86. The molecule has 0 saturated carbocycles. The fourth-order valence-corrected chi connectivity index (χ4v) is 2.41. The lowest BCUT2D eigenvalue weighted by molar-refractivity contribution is 0.0986. The molecule has 2 aromatic rings. The number of halogens is 2. The first-order valence-electron chi connectivity index (χ1n) is 5.59. The zero-order valence-corrected chi connectivity index (χ0v) is 12.2. The van der Waals surface area contributed by atoms with Gasteiger partial charge in [-0.3, -0.25) is 4.79 Å². The van der Waals surface area contributed by atoms with Gasteiger partial charge in [0.2, 0.25) is 0 Å². The van der Waals surface area contributed by atoms with Crippen LogP contribution in [0.25, 0.3) is 0 Å². The highest BCUT2D eigenvalue weighted by Gasteiger charge is 2.21. The van der Waals surface area contributed by atoms with Gasteiger partial charge in [-0.1, -0.05) is 58.4 Å². The standard InChI is InChI=1S/C15H12BrClO/c1-10-12(8-5-9-13(10)16)15(18)14(17)11-6-3-2-4-7-11/h2-9,14H,1H3. The minimum atomic E-state index is -0.640. The van der Waals surface area contributed by atoms with Crippen LogP contribution in [0, 0.1) is 6.92 Å². The molecule has 2 rings (SSSR count). The highest BCUT2D eigenvalue weighted by atomic mass is 79.9. The number of hydrogen-bond donors (Lipinski definition) is 0. The van der Waals surface area contributed by atoms with Gasteiger partial charge in [-0.2, -0.15) is 0 Å². The van der Waals surface area contributed by atoms with Crippen LogP contribution < -0.4 is 0 Å². The van der Waals surface area contributed by atoms with E-state index in [9.17, 15) is 4.79 Å². The Labute approximate surface area is 120 Å². The van der Waals surface area contributed by atoms with Crippen molar-refractivity contribution < 1.29 is 4.79 Å². The Morgan fingerprint density at radius 1 is 1.11 bits per heavy atom. The van der Waals surface area contributed by atoms with Crippen LogP contribution in [0.4, 0.5) is 0 Å². The molecule has 0 N–H and O–H groups in total. The van der Waals surface area contributed by atoms with Gasteiger partial charge in [0.15, 0.2) is 5.78 Å². The van der Waals surface area contributed by atoms with E-state index in [0.717, 1.165) is 15.6 Å². The van der Waals surface area contributed by atoms with E-state index in [1.807, 2.05) is 49.4 Å². The van der Waals surface area contributed by atoms with Crippen molar-refractivity contribution in [3.05, 3.63) is 69.7 Å². The molecular weight excluding hydrogens is 312 g/mol. The Kier molecular flexibility index (Phi) is 4.20. The van der Waals surface area contributed by atoms with Crippen LogP contribution in [0.1, 0.15) is 26.9 Å². The van der Waals surface area contributed by atoms with Gasteiger partial charge < -0.3 is 0 Å². The summed E-state index contributed by atoms with van der Waals surface area (Å²) in [6, 6.07) is 15.0. The summed E-state index contributed by atoms with van der Waals surface area (Å²) in [4.78, 5) is 12.4. The van der Waals surface area contributed by atoms with E-state index in [0.29, 0.717) is 5.56 Å². The zero-order chi connectivity index (χ0) is 13.1. The maximum Gasteiger partial charge on any atom is 0.185 e. The molecule has 0 spiro atoms. The summed E-state index contributed by atoms with van der Waals surface area (Å²) in [6.07, 6.45) is 0. The highest BCUT2D eigenvalue weighted by Crippen LogP contribution is 2.28. The third kappa shape index (κ3) is 2.65. The first-order chi connectivity index (χ1) is 8.61. The summed E-state index contributed by atoms with van der Waals surface area (Å²) in [6.45, 7) is 1.91. The molecule has 0 aliphatic heterocycles. The summed E-state index contributed by atoms with van der Waals surface area (Å²) in [5.74, 6) is -0.0679. The second kappa shape index (κ2) is 5.68. The fourth-order valence-electron chi connectivity index (χ4n) is 1.78. The van der Waals surface area contributed by atoms with Crippen LogP contribution in [0.15, 0.2) is 53.0 Å². The van der Waals surface area contributed by atoms with E-state index in [1.165, 1.54) is 0 Å². The van der Waals surface area contributed by atoms with Gasteiger partial charge in [-0.25, -0.2) is 0 Å². The van der Waals surface area contributed by atoms with E-state index in [2.05, 4.69) is 15.9 Å². The number of carbonyl (C=O) groups excluding carboxylic acids is 1. The normalized spacial score (nSPS) is 12.2. The monoisotopic (exact) mass is 322 g/mol. The number of Topliss-reactive ketones (excluding diaryl/α,β-unsaturated/α-hetero) is 1. The van der Waals surface area contributed by atoms with Gasteiger partial charge in [-0.15, -0.1) is 11.6 Å². The fraction of sp³-hybridized carbons (Fsp3) is 0.133. The van der Waals surface area contributed by atoms with Crippen molar-refractivity contribution in [2.24, 2.45) is 0 Å². The molecule has 0 saturated heterocycles. The highest BCUT2D eigenvalue weighted by molar-refractivity contribution is 9.10. The zero-order valence-electron chi connectivity index (χ0n) is 9.86. The van der Waals surface area contributed by atoms with Gasteiger partial charge in [0, 0.05) is 10.0 Å². The van der Waals surface area contributed by atoms with Crippen molar-refractivity contribution in [2.75, 3.05) is 0 Å². The molecule has 1 atom stereocenters. The molecule has 0 aliphatic rings. The predicted molar refractivity (Wildman–Crippen MR) is 78.2 cm³/mol. The molecule has 0 aromatic heterocycles. The first-order valence-corrected chi connectivity index (χ1v) is 6.82. The van der Waals surface area contributed by atoms with E-state index < -0.39 is 5.38 Å². The summed E-state index contributed by atoms with van der Waals surface area (Å²) in [5, 5.41) is -0.640. The second-order valence-corrected chi connectivity index (χ2v) is 5.34. The lowest BCUT2D eigenvalue weighted by atomic mass is 9.99. The number of hydrogen-bond acceptors (Lipinski definition) is 1. The summed E-state index contributed by atoms with van der Waals surface area (Å²) < 4.78 is 0.922. The van der Waals surface area contributed by atoms with Crippen molar-refractivity contribution in [3.8, 4) is 0 Å². The molecule has 18 heavy (non-hydrogen) atoms. The quantitative estimate of drug-likeness (QED) is 0.579. The molecule has 0 heterocycles. The number of alkyl halides is 1. The molecule has 0 amide bonds. The van der Waals surface area contributed by atoms with Crippen molar-refractivity contribution in [2.45, 2.75) is 12.3 Å². The molecule has 0 aliphatic carbocycles. The Morgan fingerprint density at radius 2 is 1.78 bits per heavy atom. The van der Waals surface area contributed by atoms with Gasteiger partial charge in [-0.05, 0) is 24.1 Å². The molecular formula is C15H12BrClO. The molecule has 92 valence electrons. The smallest absolute Gasteiger partial charge is 0.185 e. The minimum Gasteiger partial charge on any atom is -0.292 e. The molecule has 0 fully saturated rings. The predicted octanol–water partition coefficient (Wildman–Crippen LogP) is 4.92. The molecule has 0 bridgehead atoms. The molecule has 2 aromatic carbocycles. The Morgan fingerprint density at radius 3 is 2.44 bits per heavy atom. The van der Waals surface area contributed by atoms with E-state index >= 15 is 0 Å². The molecule has 0 radical (unpaired) electrons. The maximum absolute atomic E-state index is 12.4. The van der Waals surface area contributed by atoms with E-state index in [1.54, 1.807) is 6.07 Å². The van der Waals surface area contributed by atoms with Crippen molar-refractivity contribution in [3.63, 3.8) is 0 Å².